The summed E-state index contributed by atoms with van der Waals surface area (Å²) in [7, 11) is 1.35. The normalized spacial score (nSPS) is 21.0. The van der Waals surface area contributed by atoms with Gasteiger partial charge >= 0.3 is 12.1 Å². The van der Waals surface area contributed by atoms with Crippen LogP contribution in [0, 0.1) is 5.92 Å². The summed E-state index contributed by atoms with van der Waals surface area (Å²) in [6.45, 7) is 7.79. The van der Waals surface area contributed by atoms with Gasteiger partial charge in [0.2, 0.25) is 5.91 Å². The number of nitrogens with zero attached hydrogens (tertiary/aromatic N) is 2. The second-order valence-corrected chi connectivity index (χ2v) is 9.37. The van der Waals surface area contributed by atoms with Crippen LogP contribution in [0.4, 0.5) is 4.79 Å². The molecule has 2 saturated heterocycles. The Balaban J connectivity index is 1.78. The second-order valence-electron chi connectivity index (χ2n) is 9.37. The third kappa shape index (κ3) is 8.75. The van der Waals surface area contributed by atoms with Crippen LogP contribution in [0.2, 0.25) is 0 Å². The van der Waals surface area contributed by atoms with E-state index in [4.69, 9.17) is 4.74 Å². The van der Waals surface area contributed by atoms with Gasteiger partial charge in [-0.3, -0.25) is 4.79 Å². The molecule has 0 aromatic carbocycles. The van der Waals surface area contributed by atoms with Gasteiger partial charge in [0.1, 0.15) is 5.60 Å². The Kier molecular flexibility index (Phi) is 9.59. The highest BCUT2D eigenvalue weighted by molar-refractivity contribution is 5.82. The van der Waals surface area contributed by atoms with Gasteiger partial charge in [0.05, 0.1) is 13.2 Å². The van der Waals surface area contributed by atoms with E-state index in [0.29, 0.717) is 25.4 Å². The van der Waals surface area contributed by atoms with Crippen LogP contribution < -0.4 is 0 Å². The molecule has 0 aromatic heterocycles. The number of carbonyl (C=O) groups is 3. The molecule has 1 unspecified atom stereocenters. The molecule has 0 spiro atoms. The maximum Gasteiger partial charge on any atom is 0.410 e. The van der Waals surface area contributed by atoms with Gasteiger partial charge < -0.3 is 19.3 Å². The first-order valence-electron chi connectivity index (χ1n) is 11.4. The lowest BCUT2D eigenvalue weighted by Gasteiger charge is -2.35. The number of allylic oxidation sites excluding steroid dienone is 2. The Morgan fingerprint density at radius 1 is 1.00 bits per heavy atom. The van der Waals surface area contributed by atoms with Crippen LogP contribution in [-0.2, 0) is 19.1 Å². The average molecular weight is 435 g/mol. The largest absolute Gasteiger partial charge is 0.466 e. The molecule has 0 aliphatic carbocycles. The Morgan fingerprint density at radius 2 is 1.71 bits per heavy atom. The van der Waals surface area contributed by atoms with E-state index in [1.807, 2.05) is 37.8 Å². The van der Waals surface area contributed by atoms with Crippen LogP contribution in [0.25, 0.3) is 0 Å². The average Bonchev–Trinajstić information content (AvgIpc) is 2.74. The van der Waals surface area contributed by atoms with Gasteiger partial charge in [-0.25, -0.2) is 9.59 Å². The summed E-state index contributed by atoms with van der Waals surface area (Å²) >= 11 is 0. The minimum Gasteiger partial charge on any atom is -0.466 e. The summed E-state index contributed by atoms with van der Waals surface area (Å²) in [6, 6.07) is 0.0811. The molecular formula is C24H38N2O5. The van der Waals surface area contributed by atoms with E-state index >= 15 is 0 Å². The van der Waals surface area contributed by atoms with E-state index in [2.05, 4.69) is 4.74 Å². The molecule has 2 aliphatic rings. The van der Waals surface area contributed by atoms with Gasteiger partial charge in [0.15, 0.2) is 0 Å². The molecule has 2 heterocycles. The molecule has 174 valence electrons. The van der Waals surface area contributed by atoms with Crippen molar-refractivity contribution in [1.82, 2.24) is 9.80 Å². The minimum absolute atomic E-state index is 0.0811. The van der Waals surface area contributed by atoms with Crippen molar-refractivity contribution in [2.24, 2.45) is 5.92 Å². The van der Waals surface area contributed by atoms with E-state index in [-0.39, 0.29) is 24.0 Å². The third-order valence-corrected chi connectivity index (χ3v) is 5.78. The zero-order valence-electron chi connectivity index (χ0n) is 19.5. The topological polar surface area (TPSA) is 76.2 Å². The molecule has 0 bridgehead atoms. The standard InChI is InChI=1S/C24H38N2O5/c1-24(2,3)31-23(29)25-17-14-19(15-18-25)12-13-21(27)26-16-8-7-10-20(26)9-5-6-11-22(28)30-4/h5-6,9,11,19-20H,7-8,10,12-18H2,1-4H3/b9-5+,11-6+. The highest BCUT2D eigenvalue weighted by Gasteiger charge is 2.29. The molecule has 2 rings (SSSR count). The van der Waals surface area contributed by atoms with E-state index in [1.165, 1.54) is 13.2 Å². The first kappa shape index (κ1) is 25.0. The highest BCUT2D eigenvalue weighted by Crippen LogP contribution is 2.25. The SMILES string of the molecule is COC(=O)/C=C/C=C/C1CCCCN1C(=O)CCC1CCN(C(=O)OC(C)(C)C)CC1. The van der Waals surface area contributed by atoms with E-state index in [9.17, 15) is 14.4 Å². The molecule has 2 fully saturated rings. The number of ether oxygens (including phenoxy) is 2. The van der Waals surface area contributed by atoms with Crippen molar-refractivity contribution >= 4 is 18.0 Å². The van der Waals surface area contributed by atoms with Gasteiger partial charge in [0, 0.05) is 32.1 Å². The minimum atomic E-state index is -0.477. The Morgan fingerprint density at radius 3 is 2.35 bits per heavy atom. The Hall–Kier alpha value is -2.31. The number of carbonyl (C=O) groups excluding carboxylic acids is 3. The maximum atomic E-state index is 12.9. The summed E-state index contributed by atoms with van der Waals surface area (Å²) in [5, 5.41) is 0. The zero-order chi connectivity index (χ0) is 22.9. The van der Waals surface area contributed by atoms with E-state index < -0.39 is 5.60 Å². The molecule has 0 N–H and O–H groups in total. The number of hydrogen-bond donors (Lipinski definition) is 0. The zero-order valence-corrected chi connectivity index (χ0v) is 19.5. The number of piperidine rings is 2. The predicted molar refractivity (Wildman–Crippen MR) is 119 cm³/mol. The van der Waals surface area contributed by atoms with Crippen molar-refractivity contribution < 1.29 is 23.9 Å². The lowest BCUT2D eigenvalue weighted by molar-refractivity contribution is -0.135. The molecule has 0 aromatic rings. The fourth-order valence-electron chi connectivity index (χ4n) is 4.06. The Bertz CT molecular complexity index is 672. The van der Waals surface area contributed by atoms with Gasteiger partial charge in [-0.15, -0.1) is 0 Å². The molecule has 7 heteroatoms. The molecule has 1 atom stereocenters. The molecular weight excluding hydrogens is 396 g/mol. The molecule has 2 amide bonds. The smallest absolute Gasteiger partial charge is 0.410 e. The number of methoxy groups -OCH3 is 1. The molecule has 31 heavy (non-hydrogen) atoms. The van der Waals surface area contributed by atoms with Crippen LogP contribution in [0.5, 0.6) is 0 Å². The van der Waals surface area contributed by atoms with Crippen LogP contribution in [0.15, 0.2) is 24.3 Å². The number of rotatable bonds is 6. The summed E-state index contributed by atoms with van der Waals surface area (Å²) in [5.74, 6) is 0.268. The summed E-state index contributed by atoms with van der Waals surface area (Å²) in [4.78, 5) is 40.0. The summed E-state index contributed by atoms with van der Waals surface area (Å²) in [6.07, 6.45) is 12.9. The molecule has 0 saturated carbocycles. The number of likely N-dealkylation sites (tertiary alicyclic amines) is 2. The summed E-state index contributed by atoms with van der Waals surface area (Å²) < 4.78 is 10.0. The quantitative estimate of drug-likeness (QED) is 0.358. The fraction of sp³-hybridized carbons (Fsp3) is 0.708. The van der Waals surface area contributed by atoms with Crippen molar-refractivity contribution in [2.45, 2.75) is 77.4 Å². The maximum absolute atomic E-state index is 12.9. The van der Waals surface area contributed by atoms with Gasteiger partial charge in [0.25, 0.3) is 0 Å². The number of hydrogen-bond acceptors (Lipinski definition) is 5. The van der Waals surface area contributed by atoms with Crippen LogP contribution >= 0.6 is 0 Å². The monoisotopic (exact) mass is 434 g/mol. The lowest BCUT2D eigenvalue weighted by atomic mass is 9.91. The van der Waals surface area contributed by atoms with Crippen molar-refractivity contribution in [2.75, 3.05) is 26.7 Å². The van der Waals surface area contributed by atoms with Gasteiger partial charge in [-0.05, 0) is 65.2 Å². The predicted octanol–water partition coefficient (Wildman–Crippen LogP) is 4.08. The highest BCUT2D eigenvalue weighted by atomic mass is 16.6. The lowest BCUT2D eigenvalue weighted by Crippen LogP contribution is -2.43. The van der Waals surface area contributed by atoms with Gasteiger partial charge in [-0.1, -0.05) is 18.2 Å². The van der Waals surface area contributed by atoms with Crippen LogP contribution in [-0.4, -0.2) is 66.2 Å². The fourth-order valence-corrected chi connectivity index (χ4v) is 4.06. The first-order valence-corrected chi connectivity index (χ1v) is 11.4. The summed E-state index contributed by atoms with van der Waals surface area (Å²) in [5.41, 5.74) is -0.477. The third-order valence-electron chi connectivity index (χ3n) is 5.78. The van der Waals surface area contributed by atoms with Crippen molar-refractivity contribution in [1.29, 1.82) is 0 Å². The Labute approximate surface area is 186 Å². The van der Waals surface area contributed by atoms with Gasteiger partial charge in [-0.2, -0.15) is 0 Å². The van der Waals surface area contributed by atoms with Crippen molar-refractivity contribution in [3.05, 3.63) is 24.3 Å². The first-order chi connectivity index (χ1) is 14.7. The van der Waals surface area contributed by atoms with Crippen LogP contribution in [0.3, 0.4) is 0 Å². The number of esters is 1. The molecule has 2 aliphatic heterocycles. The van der Waals surface area contributed by atoms with E-state index in [1.54, 1.807) is 11.0 Å². The number of amides is 2. The molecule has 0 radical (unpaired) electrons. The molecule has 7 nitrogen and oxygen atoms in total. The van der Waals surface area contributed by atoms with Crippen molar-refractivity contribution in [3.63, 3.8) is 0 Å². The van der Waals surface area contributed by atoms with E-state index in [0.717, 1.165) is 45.1 Å². The van der Waals surface area contributed by atoms with Crippen LogP contribution in [0.1, 0.15) is 65.7 Å². The second kappa shape index (κ2) is 11.9. The van der Waals surface area contributed by atoms with Crippen molar-refractivity contribution in [3.8, 4) is 0 Å².